The topological polar surface area (TPSA) is 49.9 Å². The highest BCUT2D eigenvalue weighted by molar-refractivity contribution is 7.89. The van der Waals surface area contributed by atoms with Crippen molar-refractivity contribution in [3.05, 3.63) is 54.6 Å². The average molecular weight is 346 g/mol. The summed E-state index contributed by atoms with van der Waals surface area (Å²) in [7, 11) is -3.45. The Morgan fingerprint density at radius 1 is 0.917 bits per heavy atom. The third kappa shape index (κ3) is 3.55. The first-order chi connectivity index (χ1) is 11.6. The van der Waals surface area contributed by atoms with E-state index in [1.165, 1.54) is 0 Å². The molecule has 1 aliphatic rings. The van der Waals surface area contributed by atoms with Crippen molar-refractivity contribution in [2.45, 2.75) is 11.8 Å². The predicted octanol–water partition coefficient (Wildman–Crippen LogP) is 2.60. The Balaban J connectivity index is 1.68. The van der Waals surface area contributed by atoms with Gasteiger partial charge >= 0.3 is 0 Å². The predicted molar refractivity (Wildman–Crippen MR) is 95.0 cm³/mol. The first-order valence-electron chi connectivity index (χ1n) is 8.14. The fourth-order valence-corrected chi connectivity index (χ4v) is 4.27. The van der Waals surface area contributed by atoms with Gasteiger partial charge < -0.3 is 9.64 Å². The summed E-state index contributed by atoms with van der Waals surface area (Å²) in [6.07, 6.45) is 0. The molecule has 2 aromatic carbocycles. The zero-order valence-corrected chi connectivity index (χ0v) is 14.6. The number of benzene rings is 2. The monoisotopic (exact) mass is 346 g/mol. The Labute approximate surface area is 143 Å². The van der Waals surface area contributed by atoms with Crippen LogP contribution in [0.5, 0.6) is 5.75 Å². The first-order valence-corrected chi connectivity index (χ1v) is 9.58. The molecule has 0 aliphatic carbocycles. The standard InChI is InChI=1S/C18H22N2O3S/c1-2-23-17-8-10-18(11-9-17)24(21,22)20-14-12-19(13-15-20)16-6-4-3-5-7-16/h3-11H,2,12-15H2,1H3. The molecule has 0 spiro atoms. The lowest BCUT2D eigenvalue weighted by atomic mass is 10.2. The van der Waals surface area contributed by atoms with E-state index < -0.39 is 10.0 Å². The van der Waals surface area contributed by atoms with Gasteiger partial charge in [-0.15, -0.1) is 0 Å². The number of para-hydroxylation sites is 1. The van der Waals surface area contributed by atoms with Gasteiger partial charge in [-0.1, -0.05) is 18.2 Å². The Morgan fingerprint density at radius 3 is 2.12 bits per heavy atom. The van der Waals surface area contributed by atoms with Crippen LogP contribution in [0.2, 0.25) is 0 Å². The van der Waals surface area contributed by atoms with E-state index in [0.29, 0.717) is 43.4 Å². The van der Waals surface area contributed by atoms with E-state index in [2.05, 4.69) is 17.0 Å². The van der Waals surface area contributed by atoms with Crippen LogP contribution in [0.3, 0.4) is 0 Å². The first kappa shape index (κ1) is 16.8. The summed E-state index contributed by atoms with van der Waals surface area (Å²) in [4.78, 5) is 2.53. The normalized spacial score (nSPS) is 16.1. The fraction of sp³-hybridized carbons (Fsp3) is 0.333. The van der Waals surface area contributed by atoms with Crippen molar-refractivity contribution in [1.29, 1.82) is 0 Å². The molecule has 0 atom stereocenters. The van der Waals surface area contributed by atoms with Crippen molar-refractivity contribution in [1.82, 2.24) is 4.31 Å². The number of hydrogen-bond donors (Lipinski definition) is 0. The summed E-state index contributed by atoms with van der Waals surface area (Å²) in [5.74, 6) is 0.686. The summed E-state index contributed by atoms with van der Waals surface area (Å²) in [5.41, 5.74) is 1.13. The highest BCUT2D eigenvalue weighted by Crippen LogP contribution is 2.22. The minimum atomic E-state index is -3.45. The maximum absolute atomic E-state index is 12.8. The maximum Gasteiger partial charge on any atom is 0.243 e. The zero-order valence-electron chi connectivity index (χ0n) is 13.8. The summed E-state index contributed by atoms with van der Waals surface area (Å²) in [5, 5.41) is 0. The fourth-order valence-electron chi connectivity index (χ4n) is 2.85. The van der Waals surface area contributed by atoms with E-state index >= 15 is 0 Å². The second kappa shape index (κ2) is 7.23. The lowest BCUT2D eigenvalue weighted by Crippen LogP contribution is -2.48. The van der Waals surface area contributed by atoms with E-state index in [0.717, 1.165) is 5.69 Å². The summed E-state index contributed by atoms with van der Waals surface area (Å²) >= 11 is 0. The van der Waals surface area contributed by atoms with Crippen molar-refractivity contribution in [2.75, 3.05) is 37.7 Å². The average Bonchev–Trinajstić information content (AvgIpc) is 2.63. The number of nitrogens with zero attached hydrogens (tertiary/aromatic N) is 2. The number of rotatable bonds is 5. The van der Waals surface area contributed by atoms with Crippen LogP contribution >= 0.6 is 0 Å². The van der Waals surface area contributed by atoms with Gasteiger partial charge in [0, 0.05) is 31.9 Å². The third-order valence-corrected chi connectivity index (χ3v) is 6.05. The number of piperazine rings is 1. The molecule has 5 nitrogen and oxygen atoms in total. The van der Waals surface area contributed by atoms with Gasteiger partial charge in [0.05, 0.1) is 11.5 Å². The molecule has 0 saturated carbocycles. The lowest BCUT2D eigenvalue weighted by molar-refractivity contribution is 0.340. The van der Waals surface area contributed by atoms with E-state index in [1.54, 1.807) is 28.6 Å². The molecule has 3 rings (SSSR count). The Bertz CT molecular complexity index is 753. The molecule has 0 aromatic heterocycles. The number of ether oxygens (including phenoxy) is 1. The highest BCUT2D eigenvalue weighted by atomic mass is 32.2. The Hall–Kier alpha value is -2.05. The van der Waals surface area contributed by atoms with Gasteiger partial charge in [-0.2, -0.15) is 4.31 Å². The van der Waals surface area contributed by atoms with Crippen molar-refractivity contribution in [2.24, 2.45) is 0 Å². The molecular formula is C18H22N2O3S. The smallest absolute Gasteiger partial charge is 0.243 e. The van der Waals surface area contributed by atoms with Gasteiger partial charge in [0.1, 0.15) is 5.75 Å². The molecule has 0 radical (unpaired) electrons. The van der Waals surface area contributed by atoms with E-state index in [1.807, 2.05) is 25.1 Å². The quantitative estimate of drug-likeness (QED) is 0.835. The molecule has 1 fully saturated rings. The van der Waals surface area contributed by atoms with Crippen LogP contribution in [-0.4, -0.2) is 45.5 Å². The van der Waals surface area contributed by atoms with Crippen LogP contribution in [0.25, 0.3) is 0 Å². The van der Waals surface area contributed by atoms with Gasteiger partial charge in [-0.3, -0.25) is 0 Å². The Kier molecular flexibility index (Phi) is 5.06. The Morgan fingerprint density at radius 2 is 1.54 bits per heavy atom. The summed E-state index contributed by atoms with van der Waals surface area (Å²) in [6.45, 7) is 4.83. The molecule has 128 valence electrons. The SMILES string of the molecule is CCOc1ccc(S(=O)(=O)N2CCN(c3ccccc3)CC2)cc1. The van der Waals surface area contributed by atoms with Crippen LogP contribution < -0.4 is 9.64 Å². The summed E-state index contributed by atoms with van der Waals surface area (Å²) in [6, 6.07) is 16.7. The van der Waals surface area contributed by atoms with Crippen molar-refractivity contribution >= 4 is 15.7 Å². The maximum atomic E-state index is 12.8. The minimum absolute atomic E-state index is 0.319. The molecule has 0 amide bonds. The van der Waals surface area contributed by atoms with Crippen LogP contribution in [0, 0.1) is 0 Å². The van der Waals surface area contributed by atoms with E-state index in [9.17, 15) is 8.42 Å². The highest BCUT2D eigenvalue weighted by Gasteiger charge is 2.28. The molecular weight excluding hydrogens is 324 g/mol. The van der Waals surface area contributed by atoms with Gasteiger partial charge in [0.2, 0.25) is 10.0 Å². The van der Waals surface area contributed by atoms with Gasteiger partial charge in [0.15, 0.2) is 0 Å². The van der Waals surface area contributed by atoms with Gasteiger partial charge in [0.25, 0.3) is 0 Å². The van der Waals surface area contributed by atoms with Crippen molar-refractivity contribution < 1.29 is 13.2 Å². The minimum Gasteiger partial charge on any atom is -0.494 e. The van der Waals surface area contributed by atoms with Gasteiger partial charge in [-0.05, 0) is 43.3 Å². The molecule has 0 bridgehead atoms. The molecule has 0 unspecified atom stereocenters. The molecule has 24 heavy (non-hydrogen) atoms. The van der Waals surface area contributed by atoms with Crippen LogP contribution in [0.15, 0.2) is 59.5 Å². The second-order valence-electron chi connectivity index (χ2n) is 5.63. The number of sulfonamides is 1. The number of hydrogen-bond acceptors (Lipinski definition) is 4. The second-order valence-corrected chi connectivity index (χ2v) is 7.57. The van der Waals surface area contributed by atoms with Crippen LogP contribution in [-0.2, 0) is 10.0 Å². The molecule has 0 N–H and O–H groups in total. The number of anilines is 1. The van der Waals surface area contributed by atoms with Crippen molar-refractivity contribution in [3.8, 4) is 5.75 Å². The van der Waals surface area contributed by atoms with Crippen LogP contribution in [0.1, 0.15) is 6.92 Å². The molecule has 2 aromatic rings. The molecule has 1 saturated heterocycles. The van der Waals surface area contributed by atoms with E-state index in [4.69, 9.17) is 4.74 Å². The largest absolute Gasteiger partial charge is 0.494 e. The zero-order chi connectivity index (χ0) is 17.0. The molecule has 6 heteroatoms. The molecule has 1 heterocycles. The van der Waals surface area contributed by atoms with Gasteiger partial charge in [-0.25, -0.2) is 8.42 Å². The lowest BCUT2D eigenvalue weighted by Gasteiger charge is -2.35. The third-order valence-electron chi connectivity index (χ3n) is 4.13. The van der Waals surface area contributed by atoms with Crippen molar-refractivity contribution in [3.63, 3.8) is 0 Å². The summed E-state index contributed by atoms with van der Waals surface area (Å²) < 4.78 is 32.5. The molecule has 1 aliphatic heterocycles. The van der Waals surface area contributed by atoms with E-state index in [-0.39, 0.29) is 0 Å². The van der Waals surface area contributed by atoms with Crippen LogP contribution in [0.4, 0.5) is 5.69 Å².